The Hall–Kier alpha value is -1.62. The highest BCUT2D eigenvalue weighted by atomic mass is 16.5. The first-order chi connectivity index (χ1) is 6.90. The van der Waals surface area contributed by atoms with Gasteiger partial charge in [-0.15, -0.1) is 0 Å². The summed E-state index contributed by atoms with van der Waals surface area (Å²) in [5.41, 5.74) is 6.14. The third kappa shape index (κ3) is 1.82. The lowest BCUT2D eigenvalue weighted by molar-refractivity contribution is 0.302. The molecular weight excluding hydrogens is 180 g/mol. The first-order valence-electron chi connectivity index (χ1n) is 4.53. The van der Waals surface area contributed by atoms with E-state index >= 15 is 0 Å². The second-order valence-electron chi connectivity index (χ2n) is 2.89. The molecular formula is C9H12N4O. The second-order valence-corrected chi connectivity index (χ2v) is 2.89. The molecule has 2 aromatic rings. The average Bonchev–Trinajstić information content (AvgIpc) is 2.65. The summed E-state index contributed by atoms with van der Waals surface area (Å²) in [5, 5.41) is 4.03. The van der Waals surface area contributed by atoms with Crippen molar-refractivity contribution in [1.82, 2.24) is 14.6 Å². The number of aromatic nitrogens is 3. The van der Waals surface area contributed by atoms with Crippen LogP contribution in [0.4, 0.5) is 0 Å². The predicted octanol–water partition coefficient (Wildman–Crippen LogP) is 0.457. The lowest BCUT2D eigenvalue weighted by atomic mass is 10.5. The molecule has 5 heteroatoms. The summed E-state index contributed by atoms with van der Waals surface area (Å²) in [6.45, 7) is 1.24. The molecule has 0 aliphatic rings. The molecule has 2 rings (SSSR count). The van der Waals surface area contributed by atoms with E-state index in [1.54, 1.807) is 16.8 Å². The van der Waals surface area contributed by atoms with Gasteiger partial charge in [-0.2, -0.15) is 10.1 Å². The largest absolute Gasteiger partial charge is 0.478 e. The van der Waals surface area contributed by atoms with Crippen molar-refractivity contribution in [3.63, 3.8) is 0 Å². The molecule has 14 heavy (non-hydrogen) atoms. The lowest BCUT2D eigenvalue weighted by Gasteiger charge is -2.03. The lowest BCUT2D eigenvalue weighted by Crippen LogP contribution is -2.07. The Morgan fingerprint density at radius 3 is 3.21 bits per heavy atom. The highest BCUT2D eigenvalue weighted by molar-refractivity contribution is 5.37. The van der Waals surface area contributed by atoms with Gasteiger partial charge in [0.15, 0.2) is 5.65 Å². The summed E-state index contributed by atoms with van der Waals surface area (Å²) in [4.78, 5) is 4.24. The molecule has 0 radical (unpaired) electrons. The normalized spacial score (nSPS) is 10.6. The maximum absolute atomic E-state index is 5.39. The van der Waals surface area contributed by atoms with Gasteiger partial charge < -0.3 is 10.5 Å². The highest BCUT2D eigenvalue weighted by Gasteiger charge is 1.98. The summed E-state index contributed by atoms with van der Waals surface area (Å²) in [6.07, 6.45) is 4.36. The number of rotatable bonds is 4. The van der Waals surface area contributed by atoms with Crippen molar-refractivity contribution in [2.75, 3.05) is 13.2 Å². The summed E-state index contributed by atoms with van der Waals surface area (Å²) in [5.74, 6) is 0.617. The predicted molar refractivity (Wildman–Crippen MR) is 52.2 cm³/mol. The molecule has 2 aromatic heterocycles. The fourth-order valence-electron chi connectivity index (χ4n) is 1.14. The summed E-state index contributed by atoms with van der Waals surface area (Å²) >= 11 is 0. The van der Waals surface area contributed by atoms with Crippen LogP contribution in [0.5, 0.6) is 5.88 Å². The quantitative estimate of drug-likeness (QED) is 0.714. The standard InChI is InChI=1S/C9H12N4O/c10-4-1-7-14-9-3-6-13-8(12-9)2-5-11-13/h2-3,5-6H,1,4,7,10H2. The Morgan fingerprint density at radius 1 is 1.43 bits per heavy atom. The molecule has 0 aliphatic heterocycles. The number of nitrogens with two attached hydrogens (primary N) is 1. The van der Waals surface area contributed by atoms with E-state index in [0.29, 0.717) is 19.0 Å². The maximum Gasteiger partial charge on any atom is 0.216 e. The summed E-state index contributed by atoms with van der Waals surface area (Å²) < 4.78 is 7.08. The van der Waals surface area contributed by atoms with E-state index in [0.717, 1.165) is 12.1 Å². The van der Waals surface area contributed by atoms with E-state index in [1.807, 2.05) is 12.3 Å². The minimum absolute atomic E-state index is 0.605. The van der Waals surface area contributed by atoms with Gasteiger partial charge in [0.05, 0.1) is 12.8 Å². The number of nitrogens with zero attached hydrogens (tertiary/aromatic N) is 3. The Balaban J connectivity index is 2.10. The number of hydrogen-bond donors (Lipinski definition) is 1. The van der Waals surface area contributed by atoms with Crippen molar-refractivity contribution in [3.05, 3.63) is 24.5 Å². The summed E-state index contributed by atoms with van der Waals surface area (Å²) in [7, 11) is 0. The zero-order valence-corrected chi connectivity index (χ0v) is 7.76. The van der Waals surface area contributed by atoms with Crippen molar-refractivity contribution in [2.45, 2.75) is 6.42 Å². The zero-order valence-electron chi connectivity index (χ0n) is 7.76. The Labute approximate surface area is 81.5 Å². The molecule has 74 valence electrons. The zero-order chi connectivity index (χ0) is 9.80. The number of fused-ring (bicyclic) bond motifs is 1. The van der Waals surface area contributed by atoms with Crippen LogP contribution >= 0.6 is 0 Å². The van der Waals surface area contributed by atoms with Crippen LogP contribution in [-0.4, -0.2) is 27.7 Å². The van der Waals surface area contributed by atoms with E-state index in [9.17, 15) is 0 Å². The molecule has 0 aromatic carbocycles. The molecule has 0 saturated carbocycles. The van der Waals surface area contributed by atoms with E-state index in [-0.39, 0.29) is 0 Å². The van der Waals surface area contributed by atoms with Crippen LogP contribution in [0.3, 0.4) is 0 Å². The van der Waals surface area contributed by atoms with Crippen molar-refractivity contribution in [2.24, 2.45) is 5.73 Å². The fraction of sp³-hybridized carbons (Fsp3) is 0.333. The molecule has 0 saturated heterocycles. The smallest absolute Gasteiger partial charge is 0.216 e. The van der Waals surface area contributed by atoms with Crippen molar-refractivity contribution < 1.29 is 4.74 Å². The minimum Gasteiger partial charge on any atom is -0.478 e. The molecule has 0 amide bonds. The summed E-state index contributed by atoms with van der Waals surface area (Å²) in [6, 6.07) is 3.62. The molecule has 2 heterocycles. The molecule has 5 nitrogen and oxygen atoms in total. The Bertz CT molecular complexity index is 412. The molecule has 0 aliphatic carbocycles. The molecule has 2 N–H and O–H groups in total. The van der Waals surface area contributed by atoms with Crippen LogP contribution in [0.25, 0.3) is 5.65 Å². The van der Waals surface area contributed by atoms with Gasteiger partial charge in [-0.05, 0) is 13.0 Å². The van der Waals surface area contributed by atoms with Crippen LogP contribution in [0.2, 0.25) is 0 Å². The van der Waals surface area contributed by atoms with Crippen LogP contribution in [0, 0.1) is 0 Å². The van der Waals surface area contributed by atoms with Crippen LogP contribution < -0.4 is 10.5 Å². The van der Waals surface area contributed by atoms with E-state index in [1.165, 1.54) is 0 Å². The van der Waals surface area contributed by atoms with Gasteiger partial charge in [0.2, 0.25) is 5.88 Å². The highest BCUT2D eigenvalue weighted by Crippen LogP contribution is 2.08. The maximum atomic E-state index is 5.39. The molecule has 0 fully saturated rings. The SMILES string of the molecule is NCCCOc1ccn2nccc2n1. The number of ether oxygens (including phenoxy) is 1. The molecule has 0 unspecified atom stereocenters. The van der Waals surface area contributed by atoms with Crippen molar-refractivity contribution in [3.8, 4) is 5.88 Å². The van der Waals surface area contributed by atoms with Gasteiger partial charge in [-0.1, -0.05) is 0 Å². The van der Waals surface area contributed by atoms with Gasteiger partial charge in [0.1, 0.15) is 0 Å². The van der Waals surface area contributed by atoms with Gasteiger partial charge in [-0.3, -0.25) is 0 Å². The van der Waals surface area contributed by atoms with Gasteiger partial charge in [0, 0.05) is 18.3 Å². The Morgan fingerprint density at radius 2 is 2.36 bits per heavy atom. The first-order valence-corrected chi connectivity index (χ1v) is 4.53. The van der Waals surface area contributed by atoms with E-state index < -0.39 is 0 Å². The molecule has 0 spiro atoms. The van der Waals surface area contributed by atoms with Gasteiger partial charge >= 0.3 is 0 Å². The molecule has 0 atom stereocenters. The third-order valence-electron chi connectivity index (χ3n) is 1.83. The first kappa shape index (κ1) is 8.96. The van der Waals surface area contributed by atoms with Crippen molar-refractivity contribution in [1.29, 1.82) is 0 Å². The van der Waals surface area contributed by atoms with Crippen LogP contribution in [-0.2, 0) is 0 Å². The van der Waals surface area contributed by atoms with E-state index in [2.05, 4.69) is 10.1 Å². The van der Waals surface area contributed by atoms with Crippen LogP contribution in [0.15, 0.2) is 24.5 Å². The topological polar surface area (TPSA) is 65.4 Å². The van der Waals surface area contributed by atoms with Crippen LogP contribution in [0.1, 0.15) is 6.42 Å². The monoisotopic (exact) mass is 192 g/mol. The Kier molecular flexibility index (Phi) is 2.60. The third-order valence-corrected chi connectivity index (χ3v) is 1.83. The van der Waals surface area contributed by atoms with Crippen molar-refractivity contribution >= 4 is 5.65 Å². The van der Waals surface area contributed by atoms with Gasteiger partial charge in [-0.25, -0.2) is 4.52 Å². The minimum atomic E-state index is 0.605. The molecule has 0 bridgehead atoms. The van der Waals surface area contributed by atoms with E-state index in [4.69, 9.17) is 10.5 Å². The fourth-order valence-corrected chi connectivity index (χ4v) is 1.14. The second kappa shape index (κ2) is 4.06. The van der Waals surface area contributed by atoms with Gasteiger partial charge in [0.25, 0.3) is 0 Å². The number of hydrogen-bond acceptors (Lipinski definition) is 4. The average molecular weight is 192 g/mol.